The van der Waals surface area contributed by atoms with Crippen molar-refractivity contribution in [3.63, 3.8) is 0 Å². The van der Waals surface area contributed by atoms with Gasteiger partial charge >= 0.3 is 6.18 Å². The van der Waals surface area contributed by atoms with Crippen LogP contribution in [0.15, 0.2) is 60.8 Å². The molecule has 0 spiro atoms. The summed E-state index contributed by atoms with van der Waals surface area (Å²) in [5.74, 6) is -0.463. The van der Waals surface area contributed by atoms with Gasteiger partial charge in [0.25, 0.3) is 17.2 Å². The lowest BCUT2D eigenvalue weighted by Gasteiger charge is -2.30. The van der Waals surface area contributed by atoms with Gasteiger partial charge in [-0.25, -0.2) is 4.21 Å². The molecule has 7 nitrogen and oxygen atoms in total. The third-order valence-corrected chi connectivity index (χ3v) is 7.36. The summed E-state index contributed by atoms with van der Waals surface area (Å²) in [5.41, 5.74) is 0.878. The molecule has 0 bridgehead atoms. The number of aromatic nitrogens is 1. The van der Waals surface area contributed by atoms with E-state index in [0.717, 1.165) is 17.8 Å². The molecule has 0 saturated carbocycles. The Balaban J connectivity index is 1.68. The average Bonchev–Trinajstić information content (AvgIpc) is 2.87. The van der Waals surface area contributed by atoms with E-state index in [1.54, 1.807) is 24.3 Å². The van der Waals surface area contributed by atoms with Crippen LogP contribution in [0.5, 0.6) is 0 Å². The minimum atomic E-state index is -4.54. The number of hydrogen-bond acceptors (Lipinski definition) is 4. The Labute approximate surface area is 231 Å². The van der Waals surface area contributed by atoms with Crippen LogP contribution in [0.25, 0.3) is 0 Å². The van der Waals surface area contributed by atoms with Crippen LogP contribution in [0.3, 0.4) is 0 Å². The lowest BCUT2D eigenvalue weighted by Crippen LogP contribution is -2.42. The van der Waals surface area contributed by atoms with Crippen LogP contribution >= 0.6 is 23.2 Å². The molecule has 1 amide bonds. The fraction of sp³-hybridized carbons (Fsp3) is 0.280. The predicted octanol–water partition coefficient (Wildman–Crippen LogP) is 5.45. The molecule has 2 aromatic carbocycles. The summed E-state index contributed by atoms with van der Waals surface area (Å²) in [6.07, 6.45) is -3.01. The van der Waals surface area contributed by atoms with Crippen LogP contribution in [0.2, 0.25) is 10.0 Å². The number of alkyl halides is 3. The van der Waals surface area contributed by atoms with E-state index in [4.69, 9.17) is 23.2 Å². The molecular weight excluding hydrogens is 564 g/mol. The molecule has 3 rings (SSSR count). The first-order valence-corrected chi connectivity index (χ1v) is 13.1. The SMILES string of the molecule is CN(C)C(Cc1cccc(Cl)c1Cl)CN(c1ccc(C(=O)NCc2ccc(C(F)(F)F)nc2)cc1)S(=O)O. The van der Waals surface area contributed by atoms with E-state index in [9.17, 15) is 26.7 Å². The van der Waals surface area contributed by atoms with Gasteiger partial charge in [0.05, 0.1) is 15.7 Å². The minimum Gasteiger partial charge on any atom is -0.348 e. The molecular formula is C25H25Cl2F3N4O3S. The molecule has 2 unspecified atom stereocenters. The fourth-order valence-electron chi connectivity index (χ4n) is 3.58. The van der Waals surface area contributed by atoms with E-state index < -0.39 is 29.0 Å². The van der Waals surface area contributed by atoms with Gasteiger partial charge in [0.15, 0.2) is 0 Å². The van der Waals surface area contributed by atoms with E-state index in [2.05, 4.69) is 10.3 Å². The van der Waals surface area contributed by atoms with Crippen LogP contribution in [0, 0.1) is 0 Å². The molecule has 38 heavy (non-hydrogen) atoms. The van der Waals surface area contributed by atoms with Crippen molar-refractivity contribution in [2.24, 2.45) is 0 Å². The van der Waals surface area contributed by atoms with Crippen molar-refractivity contribution < 1.29 is 26.7 Å². The molecule has 1 aromatic heterocycles. The van der Waals surface area contributed by atoms with Gasteiger partial charge < -0.3 is 10.2 Å². The summed E-state index contributed by atoms with van der Waals surface area (Å²) in [5, 5.41) is 3.47. The first kappa shape index (κ1) is 29.9. The molecule has 0 radical (unpaired) electrons. The third-order valence-electron chi connectivity index (χ3n) is 5.77. The highest BCUT2D eigenvalue weighted by atomic mass is 35.5. The second-order valence-electron chi connectivity index (χ2n) is 8.61. The first-order valence-electron chi connectivity index (χ1n) is 11.2. The second-order valence-corrected chi connectivity index (χ2v) is 10.3. The van der Waals surface area contributed by atoms with E-state index in [1.807, 2.05) is 25.1 Å². The Kier molecular flexibility index (Phi) is 10.1. The highest BCUT2D eigenvalue weighted by molar-refractivity contribution is 7.80. The van der Waals surface area contributed by atoms with E-state index >= 15 is 0 Å². The quantitative estimate of drug-likeness (QED) is 0.307. The predicted molar refractivity (Wildman–Crippen MR) is 143 cm³/mol. The van der Waals surface area contributed by atoms with E-state index in [0.29, 0.717) is 27.7 Å². The molecule has 0 aliphatic carbocycles. The number of carbonyl (C=O) groups is 1. The maximum atomic E-state index is 12.6. The van der Waals surface area contributed by atoms with Gasteiger partial charge in [-0.15, -0.1) is 0 Å². The zero-order valence-electron chi connectivity index (χ0n) is 20.4. The van der Waals surface area contributed by atoms with Crippen molar-refractivity contribution in [2.75, 3.05) is 24.9 Å². The van der Waals surface area contributed by atoms with Crippen LogP contribution in [0.1, 0.15) is 27.2 Å². The van der Waals surface area contributed by atoms with Crippen LogP contribution < -0.4 is 9.62 Å². The Morgan fingerprint density at radius 3 is 2.34 bits per heavy atom. The third kappa shape index (κ3) is 7.90. The number of hydrogen-bond donors (Lipinski definition) is 2. The largest absolute Gasteiger partial charge is 0.433 e. The summed E-state index contributed by atoms with van der Waals surface area (Å²) in [6.45, 7) is 0.153. The number of anilines is 1. The standard InChI is InChI=1S/C25H25Cl2F3N4O3S/c1-33(2)20(12-18-4-3-5-21(26)23(18)27)15-34(38(36)37)19-9-7-17(8-10-19)24(35)32-14-16-6-11-22(31-13-16)25(28,29)30/h3-11,13,20H,12,14-15H2,1-2H3,(H,32,35)(H,36,37). The zero-order chi connectivity index (χ0) is 28.0. The monoisotopic (exact) mass is 588 g/mol. The van der Waals surface area contributed by atoms with Crippen molar-refractivity contribution in [1.29, 1.82) is 0 Å². The van der Waals surface area contributed by atoms with Crippen molar-refractivity contribution in [1.82, 2.24) is 15.2 Å². The van der Waals surface area contributed by atoms with Crippen molar-refractivity contribution in [2.45, 2.75) is 25.2 Å². The molecule has 0 fully saturated rings. The van der Waals surface area contributed by atoms with Crippen molar-refractivity contribution in [3.05, 3.63) is 93.2 Å². The summed E-state index contributed by atoms with van der Waals surface area (Å²) < 4.78 is 61.4. The smallest absolute Gasteiger partial charge is 0.348 e. The maximum Gasteiger partial charge on any atom is 0.433 e. The zero-order valence-corrected chi connectivity index (χ0v) is 22.7. The lowest BCUT2D eigenvalue weighted by molar-refractivity contribution is -0.141. The molecule has 1 heterocycles. The summed E-state index contributed by atoms with van der Waals surface area (Å²) in [4.78, 5) is 17.8. The number of nitrogens with zero attached hydrogens (tertiary/aromatic N) is 3. The highest BCUT2D eigenvalue weighted by Crippen LogP contribution is 2.28. The van der Waals surface area contributed by atoms with Crippen LogP contribution in [-0.4, -0.2) is 51.2 Å². The number of benzene rings is 2. The van der Waals surface area contributed by atoms with Crippen LogP contribution in [-0.2, 0) is 30.4 Å². The van der Waals surface area contributed by atoms with Gasteiger partial charge in [0.1, 0.15) is 5.69 Å². The number of pyridine rings is 1. The first-order chi connectivity index (χ1) is 17.9. The molecule has 2 N–H and O–H groups in total. The Morgan fingerprint density at radius 1 is 1.11 bits per heavy atom. The fourth-order valence-corrected chi connectivity index (χ4v) is 4.58. The van der Waals surface area contributed by atoms with Gasteiger partial charge in [-0.2, -0.15) is 13.2 Å². The Hall–Kier alpha value is -2.70. The number of halogens is 5. The molecule has 0 aliphatic heterocycles. The molecule has 0 aliphatic rings. The van der Waals surface area contributed by atoms with Crippen molar-refractivity contribution >= 4 is 46.1 Å². The number of carbonyl (C=O) groups excluding carboxylic acids is 1. The van der Waals surface area contributed by atoms with Gasteiger partial charge in [0, 0.05) is 30.9 Å². The molecule has 2 atom stereocenters. The van der Waals surface area contributed by atoms with Crippen molar-refractivity contribution in [3.8, 4) is 0 Å². The van der Waals surface area contributed by atoms with E-state index in [1.165, 1.54) is 22.5 Å². The highest BCUT2D eigenvalue weighted by Gasteiger charge is 2.32. The average molecular weight is 589 g/mol. The minimum absolute atomic E-state index is 0.0188. The number of likely N-dealkylation sites (N-methyl/N-ethyl adjacent to an activating group) is 1. The summed E-state index contributed by atoms with van der Waals surface area (Å²) >= 11 is 10.1. The molecule has 13 heteroatoms. The second kappa shape index (κ2) is 12.9. The maximum absolute atomic E-state index is 12.6. The number of nitrogens with one attached hydrogen (secondary N) is 1. The van der Waals surface area contributed by atoms with Gasteiger partial charge in [0.2, 0.25) is 0 Å². The van der Waals surface area contributed by atoms with E-state index in [-0.39, 0.29) is 24.7 Å². The Morgan fingerprint density at radius 2 is 1.79 bits per heavy atom. The van der Waals surface area contributed by atoms with Gasteiger partial charge in [-0.05, 0) is 68.0 Å². The topological polar surface area (TPSA) is 85.8 Å². The Bertz CT molecular complexity index is 1280. The number of rotatable bonds is 10. The van der Waals surface area contributed by atoms with Gasteiger partial charge in [-0.1, -0.05) is 41.4 Å². The van der Waals surface area contributed by atoms with Gasteiger partial charge in [-0.3, -0.25) is 18.6 Å². The molecule has 204 valence electrons. The lowest BCUT2D eigenvalue weighted by atomic mass is 10.0. The molecule has 0 saturated heterocycles. The summed E-state index contributed by atoms with van der Waals surface area (Å²) in [7, 11) is 3.70. The molecule has 3 aromatic rings. The number of amides is 1. The normalized spacial score (nSPS) is 13.3. The van der Waals surface area contributed by atoms with Crippen LogP contribution in [0.4, 0.5) is 18.9 Å². The summed E-state index contributed by atoms with van der Waals surface area (Å²) in [6, 6.07) is 13.3.